The third-order valence-electron chi connectivity index (χ3n) is 5.84. The van der Waals surface area contributed by atoms with E-state index in [0.29, 0.717) is 5.92 Å². The van der Waals surface area contributed by atoms with E-state index in [1.165, 1.54) is 6.07 Å². The molecular weight excluding hydrogens is 399 g/mol. The number of hydrogen-bond donors (Lipinski definition) is 3. The molecule has 5 aromatic heterocycles. The molecule has 0 amide bonds. The highest BCUT2D eigenvalue weighted by Gasteiger charge is 2.19. The van der Waals surface area contributed by atoms with Crippen molar-refractivity contribution < 1.29 is 4.39 Å². The summed E-state index contributed by atoms with van der Waals surface area (Å²) in [4.78, 5) is 13.5. The number of nitrogens with zero attached hydrogens (tertiary/aromatic N) is 3. The Kier molecular flexibility index (Phi) is 4.14. The van der Waals surface area contributed by atoms with Crippen LogP contribution >= 0.6 is 11.3 Å². The second-order valence-electron chi connectivity index (χ2n) is 7.66. The molecule has 8 heteroatoms. The van der Waals surface area contributed by atoms with E-state index in [-0.39, 0.29) is 5.13 Å². The fraction of sp³-hybridized carbons (Fsp3) is 0.227. The van der Waals surface area contributed by atoms with Crippen LogP contribution in [0.5, 0.6) is 0 Å². The zero-order chi connectivity index (χ0) is 20.1. The molecule has 6 rings (SSSR count). The predicted octanol–water partition coefficient (Wildman–Crippen LogP) is 4.84. The van der Waals surface area contributed by atoms with Gasteiger partial charge in [-0.1, -0.05) is 0 Å². The van der Waals surface area contributed by atoms with Crippen molar-refractivity contribution in [3.05, 3.63) is 53.6 Å². The van der Waals surface area contributed by atoms with Crippen LogP contribution in [-0.4, -0.2) is 38.2 Å². The van der Waals surface area contributed by atoms with Gasteiger partial charge in [0, 0.05) is 34.1 Å². The van der Waals surface area contributed by atoms with Crippen LogP contribution in [0.3, 0.4) is 0 Å². The second-order valence-corrected chi connectivity index (χ2v) is 8.69. The zero-order valence-corrected chi connectivity index (χ0v) is 16.9. The van der Waals surface area contributed by atoms with Gasteiger partial charge in [-0.2, -0.15) is 9.49 Å². The SMILES string of the molecule is Fc1ccc(-c2nccc3[nH]c(-c4n[nH]c5cnc(C6CCNCC6)cc45)cc23)s1. The molecule has 6 heterocycles. The number of hydrogen-bond acceptors (Lipinski definition) is 5. The molecule has 0 bridgehead atoms. The molecule has 0 radical (unpaired) electrons. The van der Waals surface area contributed by atoms with Crippen molar-refractivity contribution in [1.82, 2.24) is 30.5 Å². The Labute approximate surface area is 175 Å². The number of fused-ring (bicyclic) bond motifs is 2. The van der Waals surface area contributed by atoms with Crippen LogP contribution in [0.2, 0.25) is 0 Å². The van der Waals surface area contributed by atoms with Crippen LogP contribution in [0.4, 0.5) is 4.39 Å². The molecule has 0 saturated carbocycles. The molecule has 3 N–H and O–H groups in total. The molecule has 0 spiro atoms. The number of piperidine rings is 1. The normalized spacial score (nSPS) is 15.4. The average Bonchev–Trinajstić information content (AvgIpc) is 3.51. The minimum Gasteiger partial charge on any atom is -0.353 e. The molecule has 0 atom stereocenters. The molecule has 30 heavy (non-hydrogen) atoms. The van der Waals surface area contributed by atoms with E-state index in [4.69, 9.17) is 0 Å². The number of pyridine rings is 2. The number of halogens is 1. The summed E-state index contributed by atoms with van der Waals surface area (Å²) in [5.74, 6) is 0.477. The van der Waals surface area contributed by atoms with Crippen LogP contribution < -0.4 is 5.32 Å². The van der Waals surface area contributed by atoms with Crippen LogP contribution in [0.25, 0.3) is 43.8 Å². The number of rotatable bonds is 3. The Morgan fingerprint density at radius 2 is 1.83 bits per heavy atom. The third-order valence-corrected chi connectivity index (χ3v) is 6.72. The van der Waals surface area contributed by atoms with Crippen LogP contribution in [0, 0.1) is 5.13 Å². The summed E-state index contributed by atoms with van der Waals surface area (Å²) in [6, 6.07) is 9.40. The lowest BCUT2D eigenvalue weighted by molar-refractivity contribution is 0.453. The highest BCUT2D eigenvalue weighted by atomic mass is 32.1. The fourth-order valence-corrected chi connectivity index (χ4v) is 5.04. The quantitative estimate of drug-likeness (QED) is 0.392. The number of H-pyrrole nitrogens is 2. The van der Waals surface area contributed by atoms with Gasteiger partial charge in [0.15, 0.2) is 5.13 Å². The van der Waals surface area contributed by atoms with Crippen LogP contribution in [0.1, 0.15) is 24.5 Å². The predicted molar refractivity (Wildman–Crippen MR) is 117 cm³/mol. The van der Waals surface area contributed by atoms with Gasteiger partial charge in [-0.3, -0.25) is 15.1 Å². The molecule has 0 aromatic carbocycles. The van der Waals surface area contributed by atoms with Crippen molar-refractivity contribution in [3.63, 3.8) is 0 Å². The Hall–Kier alpha value is -3.10. The van der Waals surface area contributed by atoms with E-state index in [9.17, 15) is 4.39 Å². The van der Waals surface area contributed by atoms with Crippen LogP contribution in [0.15, 0.2) is 42.7 Å². The summed E-state index contributed by atoms with van der Waals surface area (Å²) >= 11 is 1.10. The molecule has 1 saturated heterocycles. The van der Waals surface area contributed by atoms with E-state index in [0.717, 1.165) is 86.7 Å². The van der Waals surface area contributed by atoms with Gasteiger partial charge in [-0.15, -0.1) is 11.3 Å². The minimum absolute atomic E-state index is 0.212. The van der Waals surface area contributed by atoms with Gasteiger partial charge < -0.3 is 10.3 Å². The molecule has 5 aromatic rings. The van der Waals surface area contributed by atoms with Gasteiger partial charge in [0.25, 0.3) is 0 Å². The van der Waals surface area contributed by atoms with Gasteiger partial charge in [-0.05, 0) is 56.3 Å². The standard InChI is InChI=1S/C22H19FN6S/c23-20-2-1-19(30-20)22-13-10-17(27-15(13)5-8-25-22)21-14-9-16(12-3-6-24-7-4-12)26-11-18(14)28-29-21/h1-2,5,8-12,24,27H,3-4,6-7H2,(H,28,29). The number of aromatic nitrogens is 5. The lowest BCUT2D eigenvalue weighted by Gasteiger charge is -2.22. The fourth-order valence-electron chi connectivity index (χ4n) is 4.30. The van der Waals surface area contributed by atoms with Gasteiger partial charge in [0.2, 0.25) is 0 Å². The lowest BCUT2D eigenvalue weighted by Crippen LogP contribution is -2.27. The molecule has 1 aliphatic heterocycles. The van der Waals surface area contributed by atoms with Crippen molar-refractivity contribution in [1.29, 1.82) is 0 Å². The van der Waals surface area contributed by atoms with E-state index >= 15 is 0 Å². The van der Waals surface area contributed by atoms with Crippen molar-refractivity contribution in [2.24, 2.45) is 0 Å². The summed E-state index contributed by atoms with van der Waals surface area (Å²) in [6.45, 7) is 2.06. The number of aromatic amines is 2. The number of thiophene rings is 1. The molecule has 150 valence electrons. The van der Waals surface area contributed by atoms with E-state index < -0.39 is 0 Å². The Bertz CT molecular complexity index is 1360. The second kappa shape index (κ2) is 7.00. The molecule has 0 aliphatic carbocycles. The van der Waals surface area contributed by atoms with Gasteiger partial charge in [-0.25, -0.2) is 0 Å². The molecule has 0 unspecified atom stereocenters. The van der Waals surface area contributed by atoms with E-state index in [2.05, 4.69) is 42.6 Å². The topological polar surface area (TPSA) is 82.3 Å². The monoisotopic (exact) mass is 418 g/mol. The maximum absolute atomic E-state index is 13.6. The van der Waals surface area contributed by atoms with Crippen molar-refractivity contribution in [3.8, 4) is 22.0 Å². The summed E-state index contributed by atoms with van der Waals surface area (Å²) in [5.41, 5.74) is 5.54. The zero-order valence-electron chi connectivity index (χ0n) is 16.1. The van der Waals surface area contributed by atoms with Crippen molar-refractivity contribution in [2.45, 2.75) is 18.8 Å². The Balaban J connectivity index is 1.47. The Morgan fingerprint density at radius 1 is 0.967 bits per heavy atom. The van der Waals surface area contributed by atoms with Crippen LogP contribution in [-0.2, 0) is 0 Å². The molecular formula is C22H19FN6S. The third kappa shape index (κ3) is 2.91. The smallest absolute Gasteiger partial charge is 0.177 e. The van der Waals surface area contributed by atoms with Crippen molar-refractivity contribution in [2.75, 3.05) is 13.1 Å². The number of nitrogens with one attached hydrogen (secondary N) is 3. The Morgan fingerprint density at radius 3 is 2.67 bits per heavy atom. The summed E-state index contributed by atoms with van der Waals surface area (Å²) in [7, 11) is 0. The first-order chi connectivity index (χ1) is 14.8. The molecule has 1 fully saturated rings. The average molecular weight is 419 g/mol. The minimum atomic E-state index is -0.212. The maximum atomic E-state index is 13.6. The van der Waals surface area contributed by atoms with E-state index in [1.54, 1.807) is 12.3 Å². The summed E-state index contributed by atoms with van der Waals surface area (Å²) in [6.07, 6.45) is 5.83. The molecule has 6 nitrogen and oxygen atoms in total. The first-order valence-electron chi connectivity index (χ1n) is 10.0. The highest BCUT2D eigenvalue weighted by Crippen LogP contribution is 2.36. The summed E-state index contributed by atoms with van der Waals surface area (Å²) in [5, 5.41) is 12.9. The first kappa shape index (κ1) is 17.7. The van der Waals surface area contributed by atoms with Gasteiger partial charge >= 0.3 is 0 Å². The van der Waals surface area contributed by atoms with Gasteiger partial charge in [0.1, 0.15) is 5.69 Å². The summed E-state index contributed by atoms with van der Waals surface area (Å²) < 4.78 is 13.6. The van der Waals surface area contributed by atoms with Gasteiger partial charge in [0.05, 0.1) is 28.0 Å². The van der Waals surface area contributed by atoms with Crippen molar-refractivity contribution >= 4 is 33.1 Å². The van der Waals surface area contributed by atoms with E-state index in [1.807, 2.05) is 12.3 Å². The lowest BCUT2D eigenvalue weighted by atomic mass is 9.93. The molecule has 1 aliphatic rings. The maximum Gasteiger partial charge on any atom is 0.177 e. The first-order valence-corrected chi connectivity index (χ1v) is 10.9. The highest BCUT2D eigenvalue weighted by molar-refractivity contribution is 7.13. The largest absolute Gasteiger partial charge is 0.353 e.